The van der Waals surface area contributed by atoms with E-state index in [2.05, 4.69) is 41.9 Å². The summed E-state index contributed by atoms with van der Waals surface area (Å²) in [6.07, 6.45) is 8.51. The van der Waals surface area contributed by atoms with Gasteiger partial charge in [0.1, 0.15) is 0 Å². The van der Waals surface area contributed by atoms with Gasteiger partial charge in [0.05, 0.1) is 0 Å². The van der Waals surface area contributed by atoms with Crippen LogP contribution in [0.3, 0.4) is 0 Å². The minimum absolute atomic E-state index is 0.531. The van der Waals surface area contributed by atoms with E-state index in [0.29, 0.717) is 6.04 Å². The number of hydrogen-bond donors (Lipinski definition) is 1. The van der Waals surface area contributed by atoms with E-state index in [1.807, 2.05) is 11.3 Å². The number of fused-ring (bicyclic) bond motifs is 1. The van der Waals surface area contributed by atoms with Crippen molar-refractivity contribution in [1.29, 1.82) is 0 Å². The molecule has 0 aliphatic heterocycles. The van der Waals surface area contributed by atoms with Crippen molar-refractivity contribution in [1.82, 2.24) is 5.32 Å². The molecule has 1 aromatic heterocycles. The van der Waals surface area contributed by atoms with Gasteiger partial charge < -0.3 is 5.32 Å². The molecule has 1 heterocycles. The minimum Gasteiger partial charge on any atom is -0.310 e. The summed E-state index contributed by atoms with van der Waals surface area (Å²) in [6, 6.07) is 9.53. The molecule has 1 aliphatic rings. The van der Waals surface area contributed by atoms with Crippen LogP contribution in [0, 0.1) is 5.92 Å². The largest absolute Gasteiger partial charge is 0.310 e. The highest BCUT2D eigenvalue weighted by Crippen LogP contribution is 2.34. The lowest BCUT2D eigenvalue weighted by atomic mass is 9.94. The zero-order valence-electron chi connectivity index (χ0n) is 12.4. The topological polar surface area (TPSA) is 12.0 Å². The molecule has 1 saturated carbocycles. The second-order valence-electron chi connectivity index (χ2n) is 6.02. The summed E-state index contributed by atoms with van der Waals surface area (Å²) in [5, 5.41) is 7.33. The molecule has 1 fully saturated rings. The van der Waals surface area contributed by atoms with Crippen LogP contribution in [-0.2, 0) is 0 Å². The van der Waals surface area contributed by atoms with Crippen molar-refractivity contribution in [3.05, 3.63) is 35.2 Å². The summed E-state index contributed by atoms with van der Waals surface area (Å²) >= 11 is 1.89. The first-order valence-corrected chi connectivity index (χ1v) is 8.96. The molecule has 3 rings (SSSR count). The summed E-state index contributed by atoms with van der Waals surface area (Å²) in [4.78, 5) is 0. The van der Waals surface area contributed by atoms with Crippen LogP contribution in [0.1, 0.15) is 57.1 Å². The van der Waals surface area contributed by atoms with Crippen LogP contribution in [-0.4, -0.2) is 6.54 Å². The van der Waals surface area contributed by atoms with E-state index in [4.69, 9.17) is 0 Å². The second-order valence-corrected chi connectivity index (χ2v) is 6.94. The first kappa shape index (κ1) is 14.1. The Bertz CT molecular complexity index is 539. The predicted octanol–water partition coefficient (Wildman–Crippen LogP) is 5.52. The summed E-state index contributed by atoms with van der Waals surface area (Å²) < 4.78 is 1.48. The fraction of sp³-hybridized carbons (Fsp3) is 0.556. The third-order valence-electron chi connectivity index (χ3n) is 4.67. The van der Waals surface area contributed by atoms with Gasteiger partial charge in [0.2, 0.25) is 0 Å². The van der Waals surface area contributed by atoms with Crippen molar-refractivity contribution in [2.24, 2.45) is 5.92 Å². The molecule has 1 N–H and O–H groups in total. The lowest BCUT2D eigenvalue weighted by Crippen LogP contribution is -2.21. The Morgan fingerprint density at radius 3 is 2.90 bits per heavy atom. The van der Waals surface area contributed by atoms with Crippen molar-refractivity contribution < 1.29 is 0 Å². The van der Waals surface area contributed by atoms with E-state index in [-0.39, 0.29) is 0 Å². The smallest absolute Gasteiger partial charge is 0.0390 e. The van der Waals surface area contributed by atoms with Gasteiger partial charge >= 0.3 is 0 Å². The van der Waals surface area contributed by atoms with Gasteiger partial charge in [-0.1, -0.05) is 50.8 Å². The number of hydrogen-bond acceptors (Lipinski definition) is 2. The van der Waals surface area contributed by atoms with Gasteiger partial charge in [0.25, 0.3) is 0 Å². The standard InChI is InChI=1S/C18H25NS/c1-2-19-17(11-10-14-6-3-4-7-14)16-9-5-8-15-12-13-20-18(15)16/h5,8-9,12-14,17,19H,2-4,6-7,10-11H2,1H3. The average Bonchev–Trinajstić information content (AvgIpc) is 3.13. The van der Waals surface area contributed by atoms with Gasteiger partial charge in [0.15, 0.2) is 0 Å². The molecule has 2 aromatic rings. The summed E-state index contributed by atoms with van der Waals surface area (Å²) in [7, 11) is 0. The van der Waals surface area contributed by atoms with Crippen LogP contribution in [0.2, 0.25) is 0 Å². The highest BCUT2D eigenvalue weighted by atomic mass is 32.1. The minimum atomic E-state index is 0.531. The SMILES string of the molecule is CCNC(CCC1CCCC1)c1cccc2ccsc12. The molecule has 0 radical (unpaired) electrons. The molecule has 2 heteroatoms. The molecule has 1 aliphatic carbocycles. The third-order valence-corrected chi connectivity index (χ3v) is 5.65. The van der Waals surface area contributed by atoms with Gasteiger partial charge in [-0.25, -0.2) is 0 Å². The Labute approximate surface area is 126 Å². The van der Waals surface area contributed by atoms with Crippen LogP contribution in [0.4, 0.5) is 0 Å². The maximum absolute atomic E-state index is 3.71. The van der Waals surface area contributed by atoms with Crippen LogP contribution < -0.4 is 5.32 Å². The van der Waals surface area contributed by atoms with E-state index in [9.17, 15) is 0 Å². The number of benzene rings is 1. The zero-order valence-corrected chi connectivity index (χ0v) is 13.2. The van der Waals surface area contributed by atoms with Gasteiger partial charge in [0, 0.05) is 10.7 Å². The van der Waals surface area contributed by atoms with Crippen molar-refractivity contribution in [3.63, 3.8) is 0 Å². The molecule has 0 spiro atoms. The monoisotopic (exact) mass is 287 g/mol. The lowest BCUT2D eigenvalue weighted by molar-refractivity contribution is 0.418. The maximum atomic E-state index is 3.71. The van der Waals surface area contributed by atoms with E-state index in [0.717, 1.165) is 12.5 Å². The predicted molar refractivity (Wildman–Crippen MR) is 89.4 cm³/mol. The Balaban J connectivity index is 1.76. The van der Waals surface area contributed by atoms with E-state index < -0.39 is 0 Å². The van der Waals surface area contributed by atoms with Crippen LogP contribution >= 0.6 is 11.3 Å². The molecule has 1 aromatic carbocycles. The molecule has 1 atom stereocenters. The van der Waals surface area contributed by atoms with Gasteiger partial charge in [-0.2, -0.15) is 0 Å². The molecule has 20 heavy (non-hydrogen) atoms. The van der Waals surface area contributed by atoms with Crippen LogP contribution in [0.5, 0.6) is 0 Å². The molecule has 0 bridgehead atoms. The van der Waals surface area contributed by atoms with Crippen LogP contribution in [0.25, 0.3) is 10.1 Å². The molecule has 108 valence electrons. The molecular weight excluding hydrogens is 262 g/mol. The molecular formula is C18H25NS. The Morgan fingerprint density at radius 1 is 1.25 bits per heavy atom. The van der Waals surface area contributed by atoms with E-state index in [1.165, 1.54) is 54.2 Å². The Morgan fingerprint density at radius 2 is 2.10 bits per heavy atom. The highest BCUT2D eigenvalue weighted by Gasteiger charge is 2.19. The van der Waals surface area contributed by atoms with Gasteiger partial charge in [-0.05, 0) is 47.7 Å². The quantitative estimate of drug-likeness (QED) is 0.737. The molecule has 0 saturated heterocycles. The second kappa shape index (κ2) is 6.73. The third kappa shape index (κ3) is 3.07. The summed E-state index contributed by atoms with van der Waals surface area (Å²) in [5.41, 5.74) is 1.51. The first-order valence-electron chi connectivity index (χ1n) is 8.08. The zero-order chi connectivity index (χ0) is 13.8. The number of thiophene rings is 1. The molecule has 1 nitrogen and oxygen atoms in total. The maximum Gasteiger partial charge on any atom is 0.0390 e. The lowest BCUT2D eigenvalue weighted by Gasteiger charge is -2.21. The van der Waals surface area contributed by atoms with E-state index >= 15 is 0 Å². The Hall–Kier alpha value is -0.860. The van der Waals surface area contributed by atoms with Crippen molar-refractivity contribution in [2.75, 3.05) is 6.54 Å². The van der Waals surface area contributed by atoms with Crippen molar-refractivity contribution >= 4 is 21.4 Å². The summed E-state index contributed by atoms with van der Waals surface area (Å²) in [5.74, 6) is 0.985. The van der Waals surface area contributed by atoms with E-state index in [1.54, 1.807) is 0 Å². The highest BCUT2D eigenvalue weighted by molar-refractivity contribution is 7.17. The van der Waals surface area contributed by atoms with Gasteiger partial charge in [-0.3, -0.25) is 0 Å². The Kier molecular flexibility index (Phi) is 4.74. The van der Waals surface area contributed by atoms with Gasteiger partial charge in [-0.15, -0.1) is 11.3 Å². The van der Waals surface area contributed by atoms with Crippen molar-refractivity contribution in [3.8, 4) is 0 Å². The summed E-state index contributed by atoms with van der Waals surface area (Å²) in [6.45, 7) is 3.27. The number of nitrogens with one attached hydrogen (secondary N) is 1. The number of rotatable bonds is 6. The fourth-order valence-electron chi connectivity index (χ4n) is 3.61. The van der Waals surface area contributed by atoms with Crippen LogP contribution in [0.15, 0.2) is 29.6 Å². The molecule has 0 amide bonds. The average molecular weight is 287 g/mol. The first-order chi connectivity index (χ1) is 9.88. The molecule has 1 unspecified atom stereocenters. The normalized spacial score (nSPS) is 17.9. The van der Waals surface area contributed by atoms with Crippen molar-refractivity contribution in [2.45, 2.75) is 51.5 Å². The fourth-order valence-corrected chi connectivity index (χ4v) is 4.58.